The van der Waals surface area contributed by atoms with Crippen LogP contribution in [0.25, 0.3) is 0 Å². The van der Waals surface area contributed by atoms with Crippen LogP contribution in [-0.4, -0.2) is 23.4 Å². The van der Waals surface area contributed by atoms with Gasteiger partial charge in [0.05, 0.1) is 16.5 Å². The molecule has 0 aliphatic heterocycles. The largest absolute Gasteiger partial charge is 0.452 e. The molecule has 0 aliphatic carbocycles. The predicted molar refractivity (Wildman–Crippen MR) is 95.8 cm³/mol. The van der Waals surface area contributed by atoms with Crippen LogP contribution in [0, 0.1) is 10.1 Å². The fourth-order valence-corrected chi connectivity index (χ4v) is 2.38. The van der Waals surface area contributed by atoms with Crippen LogP contribution < -0.4 is 11.1 Å². The fourth-order valence-electron chi connectivity index (χ4n) is 2.19. The molecule has 2 aromatic rings. The van der Waals surface area contributed by atoms with Crippen molar-refractivity contribution in [1.29, 1.82) is 0 Å². The van der Waals surface area contributed by atoms with E-state index in [0.717, 1.165) is 11.6 Å². The first kappa shape index (κ1) is 19.2. The number of amides is 1. The second-order valence-corrected chi connectivity index (χ2v) is 5.89. The summed E-state index contributed by atoms with van der Waals surface area (Å²) in [6.45, 7) is 1.23. The average molecular weight is 378 g/mol. The Bertz CT molecular complexity index is 856. The van der Waals surface area contributed by atoms with Gasteiger partial charge in [-0.2, -0.15) is 0 Å². The van der Waals surface area contributed by atoms with E-state index >= 15 is 0 Å². The van der Waals surface area contributed by atoms with E-state index in [1.807, 2.05) is 0 Å². The van der Waals surface area contributed by atoms with E-state index in [1.54, 1.807) is 31.2 Å². The Balaban J connectivity index is 1.93. The molecule has 2 aromatic carbocycles. The van der Waals surface area contributed by atoms with E-state index in [-0.39, 0.29) is 17.3 Å². The van der Waals surface area contributed by atoms with Crippen molar-refractivity contribution in [2.24, 2.45) is 0 Å². The van der Waals surface area contributed by atoms with Gasteiger partial charge in [-0.15, -0.1) is 0 Å². The van der Waals surface area contributed by atoms with E-state index in [2.05, 4.69) is 5.32 Å². The van der Waals surface area contributed by atoms with E-state index < -0.39 is 29.1 Å². The Hall–Kier alpha value is -3.13. The predicted octanol–water partition coefficient (Wildman–Crippen LogP) is 2.86. The van der Waals surface area contributed by atoms with Gasteiger partial charge in [-0.1, -0.05) is 23.7 Å². The highest BCUT2D eigenvalue weighted by atomic mass is 35.5. The molecule has 1 amide bonds. The normalized spacial score (nSPS) is 11.5. The zero-order valence-electron chi connectivity index (χ0n) is 13.8. The topological polar surface area (TPSA) is 125 Å². The Kier molecular flexibility index (Phi) is 6.13. The van der Waals surface area contributed by atoms with E-state index in [9.17, 15) is 19.7 Å². The van der Waals surface area contributed by atoms with Crippen LogP contribution in [0.2, 0.25) is 5.02 Å². The zero-order chi connectivity index (χ0) is 19.3. The lowest BCUT2D eigenvalue weighted by Crippen LogP contribution is -2.31. The van der Waals surface area contributed by atoms with E-state index in [1.165, 1.54) is 12.1 Å². The minimum absolute atomic E-state index is 0.0680. The number of rotatable bonds is 6. The number of nitrogens with zero attached hydrogens (tertiary/aromatic N) is 1. The summed E-state index contributed by atoms with van der Waals surface area (Å²) < 4.78 is 4.88. The van der Waals surface area contributed by atoms with Gasteiger partial charge in [0.1, 0.15) is 5.69 Å². The quantitative estimate of drug-likeness (QED) is 0.345. The van der Waals surface area contributed by atoms with Gasteiger partial charge in [-0.3, -0.25) is 14.9 Å². The Morgan fingerprint density at radius 3 is 2.69 bits per heavy atom. The fraction of sp³-hybridized carbons (Fsp3) is 0.176. The standard InChI is InChI=1S/C17H16ClN3O5/c1-10(11-3-2-4-13(18)7-11)20-16(22)9-26-17(23)12-5-6-14(19)15(8-12)21(24)25/h2-8,10H,9,19H2,1H3,(H,20,22)/t10-/m1/s1. The molecular formula is C17H16ClN3O5. The Morgan fingerprint density at radius 2 is 2.04 bits per heavy atom. The van der Waals surface area contributed by atoms with Gasteiger partial charge in [-0.05, 0) is 36.8 Å². The molecule has 0 fully saturated rings. The zero-order valence-corrected chi connectivity index (χ0v) is 14.5. The van der Waals surface area contributed by atoms with Crippen LogP contribution in [0.4, 0.5) is 11.4 Å². The minimum atomic E-state index is -0.862. The lowest BCUT2D eigenvalue weighted by molar-refractivity contribution is -0.383. The molecule has 0 bridgehead atoms. The summed E-state index contributed by atoms with van der Waals surface area (Å²) in [4.78, 5) is 34.0. The van der Waals surface area contributed by atoms with Gasteiger partial charge < -0.3 is 15.8 Å². The molecule has 9 heteroatoms. The van der Waals surface area contributed by atoms with Crippen molar-refractivity contribution in [2.45, 2.75) is 13.0 Å². The van der Waals surface area contributed by atoms with Crippen molar-refractivity contribution in [3.05, 3.63) is 68.7 Å². The number of carbonyl (C=O) groups excluding carboxylic acids is 2. The van der Waals surface area contributed by atoms with Crippen LogP contribution >= 0.6 is 11.6 Å². The van der Waals surface area contributed by atoms with Gasteiger partial charge in [0.2, 0.25) is 0 Å². The first-order chi connectivity index (χ1) is 12.3. The van der Waals surface area contributed by atoms with Gasteiger partial charge in [0.15, 0.2) is 6.61 Å². The van der Waals surface area contributed by atoms with Crippen LogP contribution in [0.3, 0.4) is 0 Å². The number of ether oxygens (including phenoxy) is 1. The maximum Gasteiger partial charge on any atom is 0.338 e. The molecule has 3 N–H and O–H groups in total. The van der Waals surface area contributed by atoms with E-state index in [0.29, 0.717) is 5.02 Å². The van der Waals surface area contributed by atoms with Gasteiger partial charge >= 0.3 is 5.97 Å². The molecule has 0 aromatic heterocycles. The lowest BCUT2D eigenvalue weighted by Gasteiger charge is -2.14. The molecular weight excluding hydrogens is 362 g/mol. The summed E-state index contributed by atoms with van der Waals surface area (Å²) in [6.07, 6.45) is 0. The summed E-state index contributed by atoms with van der Waals surface area (Å²) in [5.41, 5.74) is 5.72. The summed E-state index contributed by atoms with van der Waals surface area (Å²) in [7, 11) is 0. The number of carbonyl (C=O) groups is 2. The van der Waals surface area contributed by atoms with E-state index in [4.69, 9.17) is 22.1 Å². The van der Waals surface area contributed by atoms with Gasteiger partial charge in [0.25, 0.3) is 11.6 Å². The Morgan fingerprint density at radius 1 is 1.31 bits per heavy atom. The summed E-state index contributed by atoms with van der Waals surface area (Å²) in [5, 5.41) is 14.1. The molecule has 0 saturated heterocycles. The number of benzene rings is 2. The molecule has 0 radical (unpaired) electrons. The van der Waals surface area contributed by atoms with Crippen molar-refractivity contribution in [3.8, 4) is 0 Å². The minimum Gasteiger partial charge on any atom is -0.452 e. The number of nitro benzene ring substituents is 1. The summed E-state index contributed by atoms with van der Waals surface area (Å²) in [6, 6.07) is 10.2. The first-order valence-electron chi connectivity index (χ1n) is 7.54. The second-order valence-electron chi connectivity index (χ2n) is 5.45. The number of anilines is 1. The summed E-state index contributed by atoms with van der Waals surface area (Å²) in [5.74, 6) is -1.38. The number of nitrogen functional groups attached to an aromatic ring is 1. The lowest BCUT2D eigenvalue weighted by atomic mass is 10.1. The number of esters is 1. The molecule has 8 nitrogen and oxygen atoms in total. The number of hydrogen-bond acceptors (Lipinski definition) is 6. The average Bonchev–Trinajstić information content (AvgIpc) is 2.59. The molecule has 2 rings (SSSR count). The summed E-state index contributed by atoms with van der Waals surface area (Å²) >= 11 is 5.90. The first-order valence-corrected chi connectivity index (χ1v) is 7.91. The maximum atomic E-state index is 12.0. The number of nitrogens with two attached hydrogens (primary N) is 1. The highest BCUT2D eigenvalue weighted by molar-refractivity contribution is 6.30. The third kappa shape index (κ3) is 4.93. The molecule has 0 heterocycles. The van der Waals surface area contributed by atoms with Gasteiger partial charge in [0, 0.05) is 11.1 Å². The number of halogens is 1. The monoisotopic (exact) mass is 377 g/mol. The van der Waals surface area contributed by atoms with Crippen LogP contribution in [0.5, 0.6) is 0 Å². The van der Waals surface area contributed by atoms with Crippen LogP contribution in [0.15, 0.2) is 42.5 Å². The van der Waals surface area contributed by atoms with Crippen molar-refractivity contribution in [1.82, 2.24) is 5.32 Å². The third-order valence-electron chi connectivity index (χ3n) is 3.52. The molecule has 1 atom stereocenters. The van der Waals surface area contributed by atoms with Crippen molar-refractivity contribution in [2.75, 3.05) is 12.3 Å². The molecule has 26 heavy (non-hydrogen) atoms. The second kappa shape index (κ2) is 8.30. The van der Waals surface area contributed by atoms with Crippen molar-refractivity contribution >= 4 is 34.9 Å². The molecule has 136 valence electrons. The van der Waals surface area contributed by atoms with Crippen LogP contribution in [-0.2, 0) is 9.53 Å². The van der Waals surface area contributed by atoms with Crippen molar-refractivity contribution in [3.63, 3.8) is 0 Å². The third-order valence-corrected chi connectivity index (χ3v) is 3.76. The Labute approximate surface area is 154 Å². The maximum absolute atomic E-state index is 12.0. The molecule has 0 unspecified atom stereocenters. The molecule has 0 spiro atoms. The highest BCUT2D eigenvalue weighted by Gasteiger charge is 2.18. The van der Waals surface area contributed by atoms with Gasteiger partial charge in [-0.25, -0.2) is 4.79 Å². The highest BCUT2D eigenvalue weighted by Crippen LogP contribution is 2.22. The number of hydrogen-bond donors (Lipinski definition) is 2. The number of nitro groups is 1. The SMILES string of the molecule is C[C@@H](NC(=O)COC(=O)c1ccc(N)c([N+](=O)[O-])c1)c1cccc(Cl)c1. The van der Waals surface area contributed by atoms with Crippen LogP contribution in [0.1, 0.15) is 28.9 Å². The molecule has 0 saturated carbocycles. The number of nitrogens with one attached hydrogen (secondary N) is 1. The molecule has 0 aliphatic rings. The van der Waals surface area contributed by atoms with Crippen molar-refractivity contribution < 1.29 is 19.2 Å². The smallest absolute Gasteiger partial charge is 0.338 e.